The van der Waals surface area contributed by atoms with Crippen LogP contribution in [0.15, 0.2) is 47.4 Å². The van der Waals surface area contributed by atoms with Gasteiger partial charge in [-0.15, -0.1) is 0 Å². The van der Waals surface area contributed by atoms with Crippen LogP contribution in [0.4, 0.5) is 14.5 Å². The molecular weight excluding hydrogens is 402 g/mol. The van der Waals surface area contributed by atoms with Crippen LogP contribution in [0, 0.1) is 17.6 Å². The number of amides is 1. The van der Waals surface area contributed by atoms with Gasteiger partial charge in [-0.25, -0.2) is 17.2 Å². The van der Waals surface area contributed by atoms with E-state index in [-0.39, 0.29) is 30.8 Å². The minimum atomic E-state index is -3.69. The van der Waals surface area contributed by atoms with E-state index in [2.05, 4.69) is 5.32 Å². The van der Waals surface area contributed by atoms with Gasteiger partial charge in [-0.05, 0) is 56.2 Å². The van der Waals surface area contributed by atoms with Crippen molar-refractivity contribution in [3.63, 3.8) is 0 Å². The van der Waals surface area contributed by atoms with Crippen molar-refractivity contribution >= 4 is 21.6 Å². The Hall–Kier alpha value is -2.52. The van der Waals surface area contributed by atoms with Gasteiger partial charge >= 0.3 is 0 Å². The van der Waals surface area contributed by atoms with Crippen molar-refractivity contribution in [2.45, 2.75) is 24.7 Å². The average Bonchev–Trinajstić information content (AvgIpc) is 2.71. The molecule has 0 spiro atoms. The second kappa shape index (κ2) is 8.87. The van der Waals surface area contributed by atoms with Crippen LogP contribution in [0.5, 0.6) is 5.75 Å². The Morgan fingerprint density at radius 3 is 2.24 bits per heavy atom. The lowest BCUT2D eigenvalue weighted by Gasteiger charge is -2.30. The maximum atomic E-state index is 13.7. The molecule has 1 saturated heterocycles. The Morgan fingerprint density at radius 1 is 1.10 bits per heavy atom. The molecule has 0 saturated carbocycles. The summed E-state index contributed by atoms with van der Waals surface area (Å²) in [4.78, 5) is 12.5. The molecule has 3 rings (SSSR count). The third kappa shape index (κ3) is 4.73. The molecule has 0 atom stereocenters. The number of benzene rings is 2. The largest absolute Gasteiger partial charge is 0.494 e. The number of anilines is 1. The quantitative estimate of drug-likeness (QED) is 0.771. The standard InChI is InChI=1S/C20H22F2N2O4S/c1-2-28-15-6-8-16(9-7-15)29(26,27)24-12-10-14(11-13-24)20(25)23-19-17(21)4-3-5-18(19)22/h3-9,14H,2,10-13H2,1H3,(H,23,25). The van der Waals surface area contributed by atoms with Crippen molar-refractivity contribution in [3.05, 3.63) is 54.1 Å². The number of hydrogen-bond acceptors (Lipinski definition) is 4. The third-order valence-electron chi connectivity index (χ3n) is 4.81. The number of piperidine rings is 1. The Bertz CT molecular complexity index is 952. The normalized spacial score (nSPS) is 15.8. The molecule has 1 aliphatic heterocycles. The van der Waals surface area contributed by atoms with Gasteiger partial charge in [0.25, 0.3) is 0 Å². The van der Waals surface area contributed by atoms with Gasteiger partial charge in [0.15, 0.2) is 0 Å². The van der Waals surface area contributed by atoms with E-state index in [0.29, 0.717) is 12.4 Å². The van der Waals surface area contributed by atoms with Crippen molar-refractivity contribution in [2.75, 3.05) is 25.0 Å². The first-order valence-corrected chi connectivity index (χ1v) is 10.7. The van der Waals surface area contributed by atoms with Crippen molar-refractivity contribution in [3.8, 4) is 5.75 Å². The van der Waals surface area contributed by atoms with E-state index >= 15 is 0 Å². The molecule has 0 bridgehead atoms. The van der Waals surface area contributed by atoms with Crippen molar-refractivity contribution in [2.24, 2.45) is 5.92 Å². The molecule has 1 N–H and O–H groups in total. The molecule has 29 heavy (non-hydrogen) atoms. The highest BCUT2D eigenvalue weighted by Gasteiger charge is 2.32. The number of hydrogen-bond donors (Lipinski definition) is 1. The van der Waals surface area contributed by atoms with Crippen LogP contribution in [0.25, 0.3) is 0 Å². The van der Waals surface area contributed by atoms with E-state index in [9.17, 15) is 22.0 Å². The second-order valence-corrected chi connectivity index (χ2v) is 8.61. The van der Waals surface area contributed by atoms with Gasteiger partial charge < -0.3 is 10.1 Å². The Labute approximate surface area is 168 Å². The van der Waals surface area contributed by atoms with E-state index < -0.39 is 39.2 Å². The SMILES string of the molecule is CCOc1ccc(S(=O)(=O)N2CCC(C(=O)Nc3c(F)cccc3F)CC2)cc1. The van der Waals surface area contributed by atoms with E-state index in [1.165, 1.54) is 22.5 Å². The van der Waals surface area contributed by atoms with Crippen LogP contribution in [0.1, 0.15) is 19.8 Å². The van der Waals surface area contributed by atoms with Crippen LogP contribution in [0.3, 0.4) is 0 Å². The molecule has 1 fully saturated rings. The molecule has 1 amide bonds. The lowest BCUT2D eigenvalue weighted by Crippen LogP contribution is -2.41. The number of halogens is 2. The summed E-state index contributed by atoms with van der Waals surface area (Å²) in [7, 11) is -3.69. The summed E-state index contributed by atoms with van der Waals surface area (Å²) >= 11 is 0. The Balaban J connectivity index is 1.62. The molecule has 0 aromatic heterocycles. The number of carbonyl (C=O) groups excluding carboxylic acids is 1. The fourth-order valence-electron chi connectivity index (χ4n) is 3.22. The molecule has 0 unspecified atom stereocenters. The summed E-state index contributed by atoms with van der Waals surface area (Å²) < 4.78 is 59.7. The smallest absolute Gasteiger partial charge is 0.243 e. The first kappa shape index (κ1) is 21.2. The molecule has 1 heterocycles. The molecule has 0 aliphatic carbocycles. The predicted octanol–water partition coefficient (Wildman–Crippen LogP) is 3.40. The van der Waals surface area contributed by atoms with Gasteiger partial charge in [-0.3, -0.25) is 4.79 Å². The molecule has 9 heteroatoms. The topological polar surface area (TPSA) is 75.7 Å². The molecular formula is C20H22F2N2O4S. The number of nitrogens with one attached hydrogen (secondary N) is 1. The lowest BCUT2D eigenvalue weighted by atomic mass is 9.97. The van der Waals surface area contributed by atoms with Crippen molar-refractivity contribution < 1.29 is 26.7 Å². The zero-order valence-electron chi connectivity index (χ0n) is 15.9. The second-order valence-electron chi connectivity index (χ2n) is 6.67. The molecule has 0 radical (unpaired) electrons. The van der Waals surface area contributed by atoms with Crippen LogP contribution < -0.4 is 10.1 Å². The predicted molar refractivity (Wildman–Crippen MR) is 104 cm³/mol. The minimum Gasteiger partial charge on any atom is -0.494 e. The van der Waals surface area contributed by atoms with Crippen molar-refractivity contribution in [1.29, 1.82) is 0 Å². The molecule has 2 aromatic rings. The van der Waals surface area contributed by atoms with Gasteiger partial charge in [0.1, 0.15) is 23.1 Å². The van der Waals surface area contributed by atoms with Crippen LogP contribution in [0.2, 0.25) is 0 Å². The highest BCUT2D eigenvalue weighted by Crippen LogP contribution is 2.27. The van der Waals surface area contributed by atoms with Gasteiger partial charge in [0.2, 0.25) is 15.9 Å². The molecule has 1 aliphatic rings. The fraction of sp³-hybridized carbons (Fsp3) is 0.350. The molecule has 6 nitrogen and oxygen atoms in total. The highest BCUT2D eigenvalue weighted by molar-refractivity contribution is 7.89. The van der Waals surface area contributed by atoms with Gasteiger partial charge in [-0.2, -0.15) is 4.31 Å². The Kier molecular flexibility index (Phi) is 6.49. The number of nitrogens with zero attached hydrogens (tertiary/aromatic N) is 1. The third-order valence-corrected chi connectivity index (χ3v) is 6.72. The average molecular weight is 424 g/mol. The Morgan fingerprint density at radius 2 is 1.69 bits per heavy atom. The molecule has 156 valence electrons. The van der Waals surface area contributed by atoms with E-state index in [1.54, 1.807) is 12.1 Å². The monoisotopic (exact) mass is 424 g/mol. The number of ether oxygens (including phenoxy) is 1. The number of rotatable bonds is 6. The first-order valence-electron chi connectivity index (χ1n) is 9.31. The summed E-state index contributed by atoms with van der Waals surface area (Å²) in [5, 5.41) is 2.28. The van der Waals surface area contributed by atoms with Gasteiger partial charge in [0.05, 0.1) is 11.5 Å². The van der Waals surface area contributed by atoms with E-state index in [4.69, 9.17) is 4.74 Å². The zero-order valence-corrected chi connectivity index (χ0v) is 16.7. The lowest BCUT2D eigenvalue weighted by molar-refractivity contribution is -0.121. The summed E-state index contributed by atoms with van der Waals surface area (Å²) in [5.74, 6) is -2.17. The summed E-state index contributed by atoms with van der Waals surface area (Å²) in [6.07, 6.45) is 0.524. The summed E-state index contributed by atoms with van der Waals surface area (Å²) in [6.45, 7) is 2.62. The van der Waals surface area contributed by atoms with E-state index in [0.717, 1.165) is 12.1 Å². The summed E-state index contributed by atoms with van der Waals surface area (Å²) in [6, 6.07) is 9.50. The minimum absolute atomic E-state index is 0.146. The van der Waals surface area contributed by atoms with Gasteiger partial charge in [-0.1, -0.05) is 6.07 Å². The maximum absolute atomic E-state index is 13.7. The van der Waals surface area contributed by atoms with Crippen molar-refractivity contribution in [1.82, 2.24) is 4.31 Å². The zero-order chi connectivity index (χ0) is 21.0. The molecule has 2 aromatic carbocycles. The number of carbonyl (C=O) groups is 1. The highest BCUT2D eigenvalue weighted by atomic mass is 32.2. The maximum Gasteiger partial charge on any atom is 0.243 e. The summed E-state index contributed by atoms with van der Waals surface area (Å²) in [5.41, 5.74) is -0.484. The van der Waals surface area contributed by atoms with E-state index in [1.807, 2.05) is 6.92 Å². The number of sulfonamides is 1. The van der Waals surface area contributed by atoms with Crippen LogP contribution >= 0.6 is 0 Å². The van der Waals surface area contributed by atoms with Crippen LogP contribution in [-0.4, -0.2) is 38.3 Å². The first-order chi connectivity index (χ1) is 13.8. The number of para-hydroxylation sites is 1. The fourth-order valence-corrected chi connectivity index (χ4v) is 4.69. The van der Waals surface area contributed by atoms with Gasteiger partial charge in [0, 0.05) is 19.0 Å². The van der Waals surface area contributed by atoms with Crippen LogP contribution in [-0.2, 0) is 14.8 Å².